The van der Waals surface area contributed by atoms with E-state index in [-0.39, 0.29) is 47.5 Å². The predicted octanol–water partition coefficient (Wildman–Crippen LogP) is 1.00. The average Bonchev–Trinajstić information content (AvgIpc) is 3.36. The van der Waals surface area contributed by atoms with Crippen molar-refractivity contribution < 1.29 is 19.5 Å². The van der Waals surface area contributed by atoms with Crippen LogP contribution in [0.15, 0.2) is 35.3 Å². The lowest BCUT2D eigenvalue weighted by Crippen LogP contribution is -2.36. The molecule has 0 spiro atoms. The van der Waals surface area contributed by atoms with Gasteiger partial charge >= 0.3 is 5.69 Å². The van der Waals surface area contributed by atoms with Gasteiger partial charge in [0.1, 0.15) is 5.69 Å². The minimum Gasteiger partial charge on any atom is -0.483 e. The third-order valence-corrected chi connectivity index (χ3v) is 5.69. The maximum atomic E-state index is 12.7. The number of imidazole rings is 1. The topological polar surface area (TPSA) is 127 Å². The number of benzene rings is 1. The Kier molecular flexibility index (Phi) is 5.86. The fourth-order valence-corrected chi connectivity index (χ4v) is 4.47. The Morgan fingerprint density at radius 1 is 1.21 bits per heavy atom. The molecule has 0 radical (unpaired) electrons. The van der Waals surface area contributed by atoms with Crippen molar-refractivity contribution in [2.75, 3.05) is 19.6 Å². The number of rotatable bonds is 2. The second-order valence-corrected chi connectivity index (χ2v) is 7.37. The molecular weight excluding hydrogens is 376 g/mol. The van der Waals surface area contributed by atoms with E-state index in [0.717, 1.165) is 11.1 Å². The number of aryl methyl sites for hydroxylation is 1. The highest BCUT2D eigenvalue weighted by Crippen LogP contribution is 2.45. The summed E-state index contributed by atoms with van der Waals surface area (Å²) in [6.07, 6.45) is 1.42. The number of hydrogen-bond acceptors (Lipinski definition) is 4. The normalized spacial score (nSPS) is 22.6. The van der Waals surface area contributed by atoms with Crippen molar-refractivity contribution >= 4 is 18.3 Å². The Morgan fingerprint density at radius 3 is 2.48 bits per heavy atom. The molecule has 1 aromatic heterocycles. The van der Waals surface area contributed by atoms with Crippen LogP contribution in [0.3, 0.4) is 0 Å². The molecule has 2 aliphatic rings. The van der Waals surface area contributed by atoms with E-state index < -0.39 is 0 Å². The summed E-state index contributed by atoms with van der Waals surface area (Å²) in [5.41, 5.74) is 2.21. The van der Waals surface area contributed by atoms with Gasteiger partial charge in [0, 0.05) is 44.6 Å². The van der Waals surface area contributed by atoms with Gasteiger partial charge in [-0.05, 0) is 18.1 Å². The number of nitrogens with zero attached hydrogens (tertiary/aromatic N) is 2. The molecule has 1 aromatic carbocycles. The van der Waals surface area contributed by atoms with Crippen LogP contribution in [0.1, 0.15) is 34.6 Å². The number of fused-ring (bicyclic) bond motifs is 1. The summed E-state index contributed by atoms with van der Waals surface area (Å²) in [6.45, 7) is 5.26. The van der Waals surface area contributed by atoms with Gasteiger partial charge in [-0.15, -0.1) is 0 Å². The standard InChI is InChI=1S/C19H22N4O3.CH2O2/c1-11-5-3-4-6-14(11)17-15-10-22(8-13(15)9-23(17)12(2)24)18(25)16-7-20-19(26)21-16;2-1-3/h3-7,13,15,17H,8-10H2,1-2H3,(H2,20,21,26);1H,(H,2,3)/t13-,15-,17+;/m1./s1. The molecule has 2 amide bonds. The highest BCUT2D eigenvalue weighted by Gasteiger charge is 2.49. The lowest BCUT2D eigenvalue weighted by molar-refractivity contribution is -0.130. The van der Waals surface area contributed by atoms with E-state index >= 15 is 0 Å². The number of H-pyrrole nitrogens is 2. The van der Waals surface area contributed by atoms with Gasteiger partial charge in [0.15, 0.2) is 0 Å². The fraction of sp³-hybridized carbons (Fsp3) is 0.400. The molecule has 2 saturated heterocycles. The van der Waals surface area contributed by atoms with E-state index in [4.69, 9.17) is 9.90 Å². The number of hydrogen-bond donors (Lipinski definition) is 3. The van der Waals surface area contributed by atoms with Crippen molar-refractivity contribution in [1.29, 1.82) is 0 Å². The van der Waals surface area contributed by atoms with E-state index in [0.29, 0.717) is 19.6 Å². The average molecular weight is 400 g/mol. The molecule has 2 fully saturated rings. The number of likely N-dealkylation sites (tertiary alicyclic amines) is 2. The monoisotopic (exact) mass is 400 g/mol. The molecule has 3 heterocycles. The van der Waals surface area contributed by atoms with Crippen LogP contribution in [0.4, 0.5) is 0 Å². The molecule has 0 aliphatic carbocycles. The Hall–Kier alpha value is -3.36. The van der Waals surface area contributed by atoms with Crippen molar-refractivity contribution in [1.82, 2.24) is 19.8 Å². The fourth-order valence-electron chi connectivity index (χ4n) is 4.47. The lowest BCUT2D eigenvalue weighted by Gasteiger charge is -2.30. The van der Waals surface area contributed by atoms with E-state index in [1.165, 1.54) is 6.20 Å². The molecule has 9 nitrogen and oxygen atoms in total. The smallest absolute Gasteiger partial charge is 0.323 e. The number of carbonyl (C=O) groups is 3. The van der Waals surface area contributed by atoms with Crippen LogP contribution in [0.2, 0.25) is 0 Å². The maximum absolute atomic E-state index is 12.7. The molecule has 0 unspecified atom stereocenters. The van der Waals surface area contributed by atoms with Crippen LogP contribution in [0.5, 0.6) is 0 Å². The number of carboxylic acid groups (broad SMARTS) is 1. The van der Waals surface area contributed by atoms with Crippen LogP contribution in [0, 0.1) is 18.8 Å². The number of amides is 2. The molecule has 3 atom stereocenters. The van der Waals surface area contributed by atoms with E-state index in [1.807, 2.05) is 17.0 Å². The van der Waals surface area contributed by atoms with E-state index in [1.54, 1.807) is 11.8 Å². The third-order valence-electron chi connectivity index (χ3n) is 5.69. The number of aromatic nitrogens is 2. The second kappa shape index (κ2) is 8.34. The van der Waals surface area contributed by atoms with Crippen LogP contribution in [-0.2, 0) is 9.59 Å². The highest BCUT2D eigenvalue weighted by atomic mass is 16.3. The summed E-state index contributed by atoms with van der Waals surface area (Å²) in [7, 11) is 0. The quantitative estimate of drug-likeness (QED) is 0.649. The van der Waals surface area contributed by atoms with Gasteiger partial charge < -0.3 is 24.9 Å². The van der Waals surface area contributed by atoms with Gasteiger partial charge in [-0.25, -0.2) is 4.79 Å². The largest absolute Gasteiger partial charge is 0.483 e. The number of nitrogens with one attached hydrogen (secondary N) is 2. The molecule has 29 heavy (non-hydrogen) atoms. The molecular formula is C20H24N4O5. The van der Waals surface area contributed by atoms with Gasteiger partial charge in [0.25, 0.3) is 12.4 Å². The van der Waals surface area contributed by atoms with Gasteiger partial charge in [-0.2, -0.15) is 0 Å². The Balaban J connectivity index is 0.000000755. The van der Waals surface area contributed by atoms with E-state index in [9.17, 15) is 14.4 Å². The first kappa shape index (κ1) is 20.4. The molecule has 2 aromatic rings. The zero-order valence-corrected chi connectivity index (χ0v) is 16.3. The maximum Gasteiger partial charge on any atom is 0.323 e. The van der Waals surface area contributed by atoms with Gasteiger partial charge in [0.2, 0.25) is 5.91 Å². The summed E-state index contributed by atoms with van der Waals surface area (Å²) < 4.78 is 0. The first-order valence-corrected chi connectivity index (χ1v) is 9.35. The Morgan fingerprint density at radius 2 is 1.90 bits per heavy atom. The molecule has 2 aliphatic heterocycles. The minimum absolute atomic E-state index is 0.0122. The molecule has 3 N–H and O–H groups in total. The zero-order chi connectivity index (χ0) is 21.1. The molecule has 0 bridgehead atoms. The van der Waals surface area contributed by atoms with Gasteiger partial charge in [0.05, 0.1) is 6.04 Å². The number of aromatic amines is 2. The highest BCUT2D eigenvalue weighted by molar-refractivity contribution is 5.92. The first-order valence-electron chi connectivity index (χ1n) is 9.35. The van der Waals surface area contributed by atoms with Crippen molar-refractivity contribution in [3.05, 3.63) is 57.8 Å². The molecule has 0 saturated carbocycles. The van der Waals surface area contributed by atoms with Crippen molar-refractivity contribution in [3.8, 4) is 0 Å². The van der Waals surface area contributed by atoms with E-state index in [2.05, 4.69) is 29.0 Å². The predicted molar refractivity (Wildman–Crippen MR) is 104 cm³/mol. The second-order valence-electron chi connectivity index (χ2n) is 7.37. The first-order chi connectivity index (χ1) is 13.9. The van der Waals surface area contributed by atoms with Crippen molar-refractivity contribution in [2.45, 2.75) is 19.9 Å². The van der Waals surface area contributed by atoms with Crippen LogP contribution >= 0.6 is 0 Å². The zero-order valence-electron chi connectivity index (χ0n) is 16.3. The minimum atomic E-state index is -0.381. The van der Waals surface area contributed by atoms with Gasteiger partial charge in [-0.3, -0.25) is 14.4 Å². The van der Waals surface area contributed by atoms with Crippen LogP contribution in [-0.4, -0.2) is 62.8 Å². The van der Waals surface area contributed by atoms with Crippen molar-refractivity contribution in [3.63, 3.8) is 0 Å². The van der Waals surface area contributed by atoms with Gasteiger partial charge in [-0.1, -0.05) is 24.3 Å². The SMILES string of the molecule is CC(=O)N1C[C@H]2CN(C(=O)c3c[nH]c(=O)[nH]3)C[C@H]2[C@@H]1c1ccccc1C.O=CO. The Labute approximate surface area is 167 Å². The summed E-state index contributed by atoms with van der Waals surface area (Å²) in [4.78, 5) is 53.3. The van der Waals surface area contributed by atoms with Crippen LogP contribution < -0.4 is 5.69 Å². The van der Waals surface area contributed by atoms with Crippen molar-refractivity contribution in [2.24, 2.45) is 11.8 Å². The summed E-state index contributed by atoms with van der Waals surface area (Å²) >= 11 is 0. The Bertz CT molecular complexity index is 966. The molecule has 154 valence electrons. The van der Waals surface area contributed by atoms with Crippen LogP contribution in [0.25, 0.3) is 0 Å². The lowest BCUT2D eigenvalue weighted by atomic mass is 9.87. The molecule has 9 heteroatoms. The molecule has 4 rings (SSSR count). The third kappa shape index (κ3) is 3.94. The summed E-state index contributed by atoms with van der Waals surface area (Å²) in [6, 6.07) is 8.12. The summed E-state index contributed by atoms with van der Waals surface area (Å²) in [5, 5.41) is 6.89. The number of carbonyl (C=O) groups excluding carboxylic acids is 2. The summed E-state index contributed by atoms with van der Waals surface area (Å²) in [5.74, 6) is 0.351.